The quantitative estimate of drug-likeness (QED) is 0.524. The summed E-state index contributed by atoms with van der Waals surface area (Å²) in [6.07, 6.45) is 8.62. The van der Waals surface area contributed by atoms with E-state index in [0.717, 1.165) is 0 Å². The highest BCUT2D eigenvalue weighted by molar-refractivity contribution is 5.04. The molecule has 0 saturated heterocycles. The molecule has 10 heavy (non-hydrogen) atoms. The van der Waals surface area contributed by atoms with Gasteiger partial charge in [0.25, 0.3) is 0 Å². The van der Waals surface area contributed by atoms with Crippen molar-refractivity contribution in [2.24, 2.45) is 11.8 Å². The van der Waals surface area contributed by atoms with Crippen LogP contribution in [0, 0.1) is 11.8 Å². The fourth-order valence-corrected chi connectivity index (χ4v) is 0.573. The maximum atomic E-state index is 2.19. The molecule has 58 valence electrons. The average Bonchev–Trinajstić information content (AvgIpc) is 1.79. The second kappa shape index (κ2) is 5.28. The van der Waals surface area contributed by atoms with Crippen LogP contribution in [0.25, 0.3) is 0 Å². The van der Waals surface area contributed by atoms with Crippen molar-refractivity contribution in [2.45, 2.75) is 27.7 Å². The summed E-state index contributed by atoms with van der Waals surface area (Å²) in [5, 5.41) is 0. The molecule has 0 nitrogen and oxygen atoms in total. The molecule has 0 aliphatic heterocycles. The highest BCUT2D eigenvalue weighted by Crippen LogP contribution is 1.96. The summed E-state index contributed by atoms with van der Waals surface area (Å²) < 4.78 is 0. The third kappa shape index (κ3) is 7.48. The van der Waals surface area contributed by atoms with E-state index in [2.05, 4.69) is 52.0 Å². The van der Waals surface area contributed by atoms with Crippen molar-refractivity contribution in [3.05, 3.63) is 24.3 Å². The topological polar surface area (TPSA) is 0 Å². The Morgan fingerprint density at radius 2 is 1.00 bits per heavy atom. The second-order valence-electron chi connectivity index (χ2n) is 3.26. The van der Waals surface area contributed by atoms with Gasteiger partial charge in [-0.2, -0.15) is 0 Å². The van der Waals surface area contributed by atoms with Gasteiger partial charge in [0.15, 0.2) is 0 Å². The average molecular weight is 138 g/mol. The Kier molecular flexibility index (Phi) is 5.00. The summed E-state index contributed by atoms with van der Waals surface area (Å²) in [5.41, 5.74) is 0. The molecule has 0 N–H and O–H groups in total. The molecule has 0 radical (unpaired) electrons. The third-order valence-corrected chi connectivity index (χ3v) is 1.10. The van der Waals surface area contributed by atoms with Crippen LogP contribution in [-0.4, -0.2) is 0 Å². The summed E-state index contributed by atoms with van der Waals surface area (Å²) in [7, 11) is 0. The van der Waals surface area contributed by atoms with Crippen LogP contribution in [0.5, 0.6) is 0 Å². The molecule has 0 atom stereocenters. The number of allylic oxidation sites excluding steroid dienone is 4. The highest BCUT2D eigenvalue weighted by Gasteiger charge is 1.81. The smallest absolute Gasteiger partial charge is 0.0287 e. The van der Waals surface area contributed by atoms with Gasteiger partial charge in [-0.25, -0.2) is 0 Å². The van der Waals surface area contributed by atoms with Crippen molar-refractivity contribution < 1.29 is 0 Å². The molecule has 0 spiro atoms. The molecule has 0 saturated carbocycles. The van der Waals surface area contributed by atoms with Crippen molar-refractivity contribution in [1.29, 1.82) is 0 Å². The SMILES string of the molecule is CC(C)C=C/C=C/C(C)C. The lowest BCUT2D eigenvalue weighted by molar-refractivity contribution is 0.825. The Balaban J connectivity index is 3.52. The van der Waals surface area contributed by atoms with Crippen LogP contribution in [-0.2, 0) is 0 Å². The van der Waals surface area contributed by atoms with Gasteiger partial charge in [0.2, 0.25) is 0 Å². The van der Waals surface area contributed by atoms with Crippen LogP contribution >= 0.6 is 0 Å². The molecule has 0 aromatic rings. The molecule has 0 rings (SSSR count). The van der Waals surface area contributed by atoms with Gasteiger partial charge >= 0.3 is 0 Å². The number of hydrogen-bond donors (Lipinski definition) is 0. The molecule has 0 heterocycles. The first kappa shape index (κ1) is 9.48. The Bertz CT molecular complexity index is 100. The van der Waals surface area contributed by atoms with E-state index in [1.54, 1.807) is 0 Å². The summed E-state index contributed by atoms with van der Waals surface area (Å²) in [6.45, 7) is 8.72. The van der Waals surface area contributed by atoms with Gasteiger partial charge in [-0.15, -0.1) is 0 Å². The van der Waals surface area contributed by atoms with E-state index in [9.17, 15) is 0 Å². The predicted octanol–water partition coefficient (Wildman–Crippen LogP) is 3.41. The summed E-state index contributed by atoms with van der Waals surface area (Å²) >= 11 is 0. The first-order valence-electron chi connectivity index (χ1n) is 3.98. The fraction of sp³-hybridized carbons (Fsp3) is 0.600. The zero-order valence-electron chi connectivity index (χ0n) is 7.46. The van der Waals surface area contributed by atoms with Gasteiger partial charge in [-0.3, -0.25) is 0 Å². The minimum Gasteiger partial charge on any atom is -0.0820 e. The van der Waals surface area contributed by atoms with Gasteiger partial charge in [0.1, 0.15) is 0 Å². The van der Waals surface area contributed by atoms with Crippen LogP contribution < -0.4 is 0 Å². The van der Waals surface area contributed by atoms with Crippen LogP contribution in [0.2, 0.25) is 0 Å². The fourth-order valence-electron chi connectivity index (χ4n) is 0.573. The van der Waals surface area contributed by atoms with Gasteiger partial charge in [-0.05, 0) is 11.8 Å². The molecular formula is C10H18. The van der Waals surface area contributed by atoms with E-state index >= 15 is 0 Å². The Morgan fingerprint density at radius 1 is 0.700 bits per heavy atom. The van der Waals surface area contributed by atoms with E-state index in [1.807, 2.05) is 0 Å². The first-order chi connectivity index (χ1) is 4.63. The Morgan fingerprint density at radius 3 is 1.20 bits per heavy atom. The maximum Gasteiger partial charge on any atom is -0.0287 e. The second-order valence-corrected chi connectivity index (χ2v) is 3.26. The van der Waals surface area contributed by atoms with Crippen LogP contribution in [0.1, 0.15) is 27.7 Å². The minimum atomic E-state index is 0.664. The molecule has 0 bridgehead atoms. The molecular weight excluding hydrogens is 120 g/mol. The highest BCUT2D eigenvalue weighted by atomic mass is 13.9. The summed E-state index contributed by atoms with van der Waals surface area (Å²) in [4.78, 5) is 0. The lowest BCUT2D eigenvalue weighted by Gasteiger charge is -1.91. The van der Waals surface area contributed by atoms with Crippen LogP contribution in [0.4, 0.5) is 0 Å². The molecule has 0 heteroatoms. The standard InChI is InChI=1S/C10H18/c1-9(2)7-5-6-8-10(3)4/h5-10H,1-4H3/b7-5+,8-6?. The van der Waals surface area contributed by atoms with Gasteiger partial charge in [0.05, 0.1) is 0 Å². The van der Waals surface area contributed by atoms with E-state index in [4.69, 9.17) is 0 Å². The Labute approximate surface area is 64.6 Å². The van der Waals surface area contributed by atoms with Crippen LogP contribution in [0.15, 0.2) is 24.3 Å². The Hall–Kier alpha value is -0.520. The van der Waals surface area contributed by atoms with Crippen molar-refractivity contribution >= 4 is 0 Å². The zero-order chi connectivity index (χ0) is 7.98. The van der Waals surface area contributed by atoms with Gasteiger partial charge < -0.3 is 0 Å². The normalized spacial score (nSPS) is 13.0. The minimum absolute atomic E-state index is 0.664. The van der Waals surface area contributed by atoms with E-state index in [-0.39, 0.29) is 0 Å². The van der Waals surface area contributed by atoms with E-state index in [1.165, 1.54) is 0 Å². The molecule has 0 aliphatic rings. The van der Waals surface area contributed by atoms with E-state index in [0.29, 0.717) is 11.8 Å². The van der Waals surface area contributed by atoms with Gasteiger partial charge in [-0.1, -0.05) is 52.0 Å². The van der Waals surface area contributed by atoms with Crippen LogP contribution in [0.3, 0.4) is 0 Å². The molecule has 0 fully saturated rings. The van der Waals surface area contributed by atoms with Gasteiger partial charge in [0, 0.05) is 0 Å². The third-order valence-electron chi connectivity index (χ3n) is 1.10. The molecule has 0 aliphatic carbocycles. The lowest BCUT2D eigenvalue weighted by Crippen LogP contribution is -1.77. The van der Waals surface area contributed by atoms with Crippen molar-refractivity contribution in [1.82, 2.24) is 0 Å². The monoisotopic (exact) mass is 138 g/mol. The lowest BCUT2D eigenvalue weighted by atomic mass is 10.2. The van der Waals surface area contributed by atoms with Crippen molar-refractivity contribution in [2.75, 3.05) is 0 Å². The molecule has 0 aromatic heterocycles. The van der Waals surface area contributed by atoms with Crippen molar-refractivity contribution in [3.8, 4) is 0 Å². The number of hydrogen-bond acceptors (Lipinski definition) is 0. The van der Waals surface area contributed by atoms with Crippen molar-refractivity contribution in [3.63, 3.8) is 0 Å². The summed E-state index contributed by atoms with van der Waals surface area (Å²) in [6, 6.07) is 0. The number of rotatable bonds is 3. The molecule has 0 aromatic carbocycles. The molecule has 0 unspecified atom stereocenters. The van der Waals surface area contributed by atoms with E-state index < -0.39 is 0 Å². The largest absolute Gasteiger partial charge is 0.0820 e. The molecule has 0 amide bonds. The zero-order valence-corrected chi connectivity index (χ0v) is 7.46. The summed E-state index contributed by atoms with van der Waals surface area (Å²) in [5.74, 6) is 1.33. The first-order valence-corrected chi connectivity index (χ1v) is 3.98. The predicted molar refractivity (Wildman–Crippen MR) is 48.0 cm³/mol. The maximum absolute atomic E-state index is 2.19.